The zero-order valence-electron chi connectivity index (χ0n) is 12.5. The Labute approximate surface area is 121 Å². The molecule has 0 aromatic heterocycles. The summed E-state index contributed by atoms with van der Waals surface area (Å²) in [6, 6.07) is 0. The van der Waals surface area contributed by atoms with Crippen LogP contribution in [0, 0.1) is 0 Å². The van der Waals surface area contributed by atoms with E-state index in [0.29, 0.717) is 18.7 Å². The first-order chi connectivity index (χ1) is 9.76. The fourth-order valence-corrected chi connectivity index (χ4v) is 1.22. The largest absolute Gasteiger partial charge is 0.384 e. The van der Waals surface area contributed by atoms with Crippen molar-refractivity contribution in [3.63, 3.8) is 0 Å². The summed E-state index contributed by atoms with van der Waals surface area (Å²) in [5.74, 6) is -0.190. The van der Waals surface area contributed by atoms with Crippen LogP contribution in [0.1, 0.15) is 26.7 Å². The molecule has 0 aromatic rings. The molecule has 1 N–H and O–H groups in total. The van der Waals surface area contributed by atoms with Crippen molar-refractivity contribution in [2.75, 3.05) is 13.7 Å². The first-order valence-electron chi connectivity index (χ1n) is 6.66. The number of methoxy groups -OCH3 is 1. The Morgan fingerprint density at radius 1 is 1.20 bits per heavy atom. The molecule has 0 aromatic carbocycles. The molecule has 0 bridgehead atoms. The van der Waals surface area contributed by atoms with E-state index in [0.717, 1.165) is 6.42 Å². The van der Waals surface area contributed by atoms with E-state index < -0.39 is 0 Å². The summed E-state index contributed by atoms with van der Waals surface area (Å²) in [5, 5.41) is 2.66. The lowest BCUT2D eigenvalue weighted by Gasteiger charge is -2.01. The normalized spacial score (nSPS) is 13.2. The molecule has 0 fully saturated rings. The molecule has 0 saturated carbocycles. The number of ether oxygens (including phenoxy) is 1. The number of allylic oxidation sites excluding steroid dienone is 5. The number of hydrogen-bond acceptors (Lipinski definition) is 3. The van der Waals surface area contributed by atoms with Gasteiger partial charge in [-0.15, -0.1) is 0 Å². The lowest BCUT2D eigenvalue weighted by atomic mass is 10.2. The fourth-order valence-electron chi connectivity index (χ4n) is 1.22. The molecule has 0 unspecified atom stereocenters. The first kappa shape index (κ1) is 18.1. The standard InChI is InChI=1S/C16H24N2O2/c1-4-6-7-8-11-15(16(19)18-12-5-2)17-13-9-10-14-20-3/h4-9,12-13H,10-11,14H2,1-3H3,(H,18,19)/b6-4-,8-7-,12-5+,13-9+,17-15?. The van der Waals surface area contributed by atoms with Crippen LogP contribution in [0.4, 0.5) is 0 Å². The highest BCUT2D eigenvalue weighted by Gasteiger charge is 2.06. The SMILES string of the molecule is C/C=C\C=C/CC(=N/C=C/CCOC)C(=O)N/C=C/C. The van der Waals surface area contributed by atoms with Crippen LogP contribution in [0.5, 0.6) is 0 Å². The number of amides is 1. The van der Waals surface area contributed by atoms with Gasteiger partial charge in [0.15, 0.2) is 0 Å². The average Bonchev–Trinajstić information content (AvgIpc) is 2.46. The van der Waals surface area contributed by atoms with Crippen molar-refractivity contribution in [1.82, 2.24) is 5.32 Å². The predicted octanol–water partition coefficient (Wildman–Crippen LogP) is 3.15. The maximum Gasteiger partial charge on any atom is 0.269 e. The van der Waals surface area contributed by atoms with Crippen molar-refractivity contribution in [3.8, 4) is 0 Å². The molecule has 4 heteroatoms. The maximum absolute atomic E-state index is 11.9. The molecule has 0 radical (unpaired) electrons. The Kier molecular flexibility index (Phi) is 12.2. The molecule has 1 amide bonds. The van der Waals surface area contributed by atoms with E-state index in [1.807, 2.05) is 44.2 Å². The fraction of sp³-hybridized carbons (Fsp3) is 0.375. The van der Waals surface area contributed by atoms with Crippen LogP contribution in [0.3, 0.4) is 0 Å². The Morgan fingerprint density at radius 3 is 2.65 bits per heavy atom. The quantitative estimate of drug-likeness (QED) is 0.399. The van der Waals surface area contributed by atoms with Crippen LogP contribution < -0.4 is 5.32 Å². The summed E-state index contributed by atoms with van der Waals surface area (Å²) in [6.45, 7) is 4.43. The molecule has 0 rings (SSSR count). The summed E-state index contributed by atoms with van der Waals surface area (Å²) in [6.07, 6.45) is 15.8. The van der Waals surface area contributed by atoms with E-state index in [1.54, 1.807) is 25.6 Å². The molecule has 0 heterocycles. The monoisotopic (exact) mass is 276 g/mol. The lowest BCUT2D eigenvalue weighted by Crippen LogP contribution is -2.26. The average molecular weight is 276 g/mol. The molecular formula is C16H24N2O2. The van der Waals surface area contributed by atoms with Crippen molar-refractivity contribution in [3.05, 3.63) is 48.9 Å². The molecule has 20 heavy (non-hydrogen) atoms. The van der Waals surface area contributed by atoms with Gasteiger partial charge in [0.1, 0.15) is 5.71 Å². The zero-order chi connectivity index (χ0) is 15.1. The van der Waals surface area contributed by atoms with Gasteiger partial charge in [0, 0.05) is 26.3 Å². The van der Waals surface area contributed by atoms with Crippen molar-refractivity contribution >= 4 is 11.6 Å². The van der Waals surface area contributed by atoms with Crippen molar-refractivity contribution in [2.45, 2.75) is 26.7 Å². The molecule has 0 aliphatic rings. The maximum atomic E-state index is 11.9. The van der Waals surface area contributed by atoms with Crippen molar-refractivity contribution < 1.29 is 9.53 Å². The highest BCUT2D eigenvalue weighted by atomic mass is 16.5. The number of carbonyl (C=O) groups excluding carboxylic acids is 1. The second-order valence-electron chi connectivity index (χ2n) is 3.87. The highest BCUT2D eigenvalue weighted by Crippen LogP contribution is 1.94. The van der Waals surface area contributed by atoms with Gasteiger partial charge in [0.05, 0.1) is 0 Å². The summed E-state index contributed by atoms with van der Waals surface area (Å²) in [4.78, 5) is 16.1. The minimum Gasteiger partial charge on any atom is -0.384 e. The van der Waals surface area contributed by atoms with Gasteiger partial charge < -0.3 is 10.1 Å². The second kappa shape index (κ2) is 13.5. The van der Waals surface area contributed by atoms with Crippen LogP contribution in [0.25, 0.3) is 0 Å². The number of carbonyl (C=O) groups is 1. The van der Waals surface area contributed by atoms with Crippen LogP contribution in [-0.4, -0.2) is 25.3 Å². The first-order valence-corrected chi connectivity index (χ1v) is 6.66. The molecule has 0 atom stereocenters. The van der Waals surface area contributed by atoms with E-state index in [-0.39, 0.29) is 5.91 Å². The van der Waals surface area contributed by atoms with E-state index in [9.17, 15) is 4.79 Å². The number of aliphatic imine (C=N–C) groups is 1. The third-order valence-electron chi connectivity index (χ3n) is 2.22. The van der Waals surface area contributed by atoms with Gasteiger partial charge in [0.2, 0.25) is 0 Å². The van der Waals surface area contributed by atoms with E-state index in [1.165, 1.54) is 0 Å². The molecule has 0 aliphatic carbocycles. The molecule has 0 aliphatic heterocycles. The molecule has 0 saturated heterocycles. The Hall–Kier alpha value is -1.94. The number of nitrogens with zero attached hydrogens (tertiary/aromatic N) is 1. The molecule has 110 valence electrons. The second-order valence-corrected chi connectivity index (χ2v) is 3.87. The smallest absolute Gasteiger partial charge is 0.269 e. The van der Waals surface area contributed by atoms with E-state index >= 15 is 0 Å². The molecule has 0 spiro atoms. The summed E-state index contributed by atoms with van der Waals surface area (Å²) in [7, 11) is 1.65. The van der Waals surface area contributed by atoms with Crippen LogP contribution in [0.15, 0.2) is 53.8 Å². The Balaban J connectivity index is 4.63. The van der Waals surface area contributed by atoms with E-state index in [4.69, 9.17) is 4.74 Å². The minimum atomic E-state index is -0.190. The van der Waals surface area contributed by atoms with Crippen LogP contribution >= 0.6 is 0 Å². The third kappa shape index (κ3) is 10.0. The van der Waals surface area contributed by atoms with E-state index in [2.05, 4.69) is 10.3 Å². The Morgan fingerprint density at radius 2 is 2.00 bits per heavy atom. The minimum absolute atomic E-state index is 0.190. The Bertz CT molecular complexity index is 405. The summed E-state index contributed by atoms with van der Waals surface area (Å²) >= 11 is 0. The van der Waals surface area contributed by atoms with Gasteiger partial charge in [0.25, 0.3) is 5.91 Å². The number of nitrogens with one attached hydrogen (secondary N) is 1. The predicted molar refractivity (Wildman–Crippen MR) is 84.6 cm³/mol. The lowest BCUT2D eigenvalue weighted by molar-refractivity contribution is -0.114. The van der Waals surface area contributed by atoms with Gasteiger partial charge in [-0.3, -0.25) is 9.79 Å². The number of hydrogen-bond donors (Lipinski definition) is 1. The zero-order valence-corrected chi connectivity index (χ0v) is 12.5. The van der Waals surface area contributed by atoms with Gasteiger partial charge in [-0.25, -0.2) is 0 Å². The van der Waals surface area contributed by atoms with Crippen LogP contribution in [-0.2, 0) is 9.53 Å². The summed E-state index contributed by atoms with van der Waals surface area (Å²) in [5.41, 5.74) is 0.470. The summed E-state index contributed by atoms with van der Waals surface area (Å²) < 4.78 is 4.93. The topological polar surface area (TPSA) is 50.7 Å². The van der Waals surface area contributed by atoms with Crippen molar-refractivity contribution in [1.29, 1.82) is 0 Å². The molecule has 4 nitrogen and oxygen atoms in total. The third-order valence-corrected chi connectivity index (χ3v) is 2.22. The molecular weight excluding hydrogens is 252 g/mol. The van der Waals surface area contributed by atoms with Gasteiger partial charge in [-0.1, -0.05) is 36.5 Å². The van der Waals surface area contributed by atoms with Gasteiger partial charge in [-0.05, 0) is 26.5 Å². The highest BCUT2D eigenvalue weighted by molar-refractivity contribution is 6.39. The van der Waals surface area contributed by atoms with Crippen molar-refractivity contribution in [2.24, 2.45) is 4.99 Å². The number of rotatable bonds is 9. The van der Waals surface area contributed by atoms with Gasteiger partial charge in [-0.2, -0.15) is 0 Å². The van der Waals surface area contributed by atoms with Crippen LogP contribution in [0.2, 0.25) is 0 Å². The van der Waals surface area contributed by atoms with Gasteiger partial charge >= 0.3 is 0 Å².